The molecule has 1 aliphatic rings. The Morgan fingerprint density at radius 1 is 0.970 bits per heavy atom. The van der Waals surface area contributed by atoms with Gasteiger partial charge < -0.3 is 15.5 Å². The molecular formula is C26H32ClN3O3. The number of benzene rings is 2. The average molecular weight is 470 g/mol. The first-order valence-corrected chi connectivity index (χ1v) is 11.9. The first kappa shape index (κ1) is 24.8. The summed E-state index contributed by atoms with van der Waals surface area (Å²) in [6.45, 7) is 6.97. The third-order valence-electron chi connectivity index (χ3n) is 6.27. The molecule has 0 aliphatic carbocycles. The van der Waals surface area contributed by atoms with Crippen LogP contribution in [0, 0.1) is 12.8 Å². The summed E-state index contributed by atoms with van der Waals surface area (Å²) in [7, 11) is 0. The predicted octanol–water partition coefficient (Wildman–Crippen LogP) is 4.21. The molecule has 1 aliphatic heterocycles. The van der Waals surface area contributed by atoms with E-state index in [0.717, 1.165) is 12.0 Å². The summed E-state index contributed by atoms with van der Waals surface area (Å²) in [6.07, 6.45) is 2.07. The zero-order valence-corrected chi connectivity index (χ0v) is 20.2. The first-order chi connectivity index (χ1) is 15.8. The minimum atomic E-state index is -0.652. The summed E-state index contributed by atoms with van der Waals surface area (Å²) in [5.74, 6) is -0.543. The van der Waals surface area contributed by atoms with Crippen molar-refractivity contribution in [2.45, 2.75) is 52.1 Å². The van der Waals surface area contributed by atoms with Gasteiger partial charge in [-0.25, -0.2) is 0 Å². The third kappa shape index (κ3) is 6.57. The molecule has 2 aromatic carbocycles. The molecule has 0 unspecified atom stereocenters. The second-order valence-electron chi connectivity index (χ2n) is 8.77. The number of halogens is 1. The van der Waals surface area contributed by atoms with Gasteiger partial charge in [0.15, 0.2) is 0 Å². The second kappa shape index (κ2) is 11.3. The summed E-state index contributed by atoms with van der Waals surface area (Å²) >= 11 is 5.93. The molecule has 1 fully saturated rings. The molecule has 6 nitrogen and oxygen atoms in total. The molecule has 2 aromatic rings. The maximum atomic E-state index is 13.1. The summed E-state index contributed by atoms with van der Waals surface area (Å²) in [5.41, 5.74) is 2.18. The molecule has 33 heavy (non-hydrogen) atoms. The van der Waals surface area contributed by atoms with Gasteiger partial charge in [-0.05, 0) is 75.4 Å². The van der Waals surface area contributed by atoms with Gasteiger partial charge in [0.2, 0.25) is 5.91 Å². The van der Waals surface area contributed by atoms with Crippen LogP contribution in [-0.2, 0) is 4.79 Å². The smallest absolute Gasteiger partial charge is 0.253 e. The highest BCUT2D eigenvalue weighted by Crippen LogP contribution is 2.23. The van der Waals surface area contributed by atoms with E-state index in [9.17, 15) is 14.4 Å². The monoisotopic (exact) mass is 469 g/mol. The third-order valence-corrected chi connectivity index (χ3v) is 6.53. The van der Waals surface area contributed by atoms with Gasteiger partial charge in [0.25, 0.3) is 11.8 Å². The number of nitrogens with one attached hydrogen (secondary N) is 2. The largest absolute Gasteiger partial charge is 0.352 e. The molecule has 0 radical (unpaired) electrons. The van der Waals surface area contributed by atoms with E-state index >= 15 is 0 Å². The predicted molar refractivity (Wildman–Crippen MR) is 130 cm³/mol. The maximum absolute atomic E-state index is 13.1. The number of carbonyl (C=O) groups excluding carboxylic acids is 3. The molecule has 0 aromatic heterocycles. The Bertz CT molecular complexity index is 967. The number of hydrogen-bond donors (Lipinski definition) is 2. The molecule has 3 rings (SSSR count). The van der Waals surface area contributed by atoms with Crippen LogP contribution in [0.5, 0.6) is 0 Å². The van der Waals surface area contributed by atoms with Crippen LogP contribution in [-0.4, -0.2) is 47.8 Å². The van der Waals surface area contributed by atoms with Gasteiger partial charge >= 0.3 is 0 Å². The Balaban J connectivity index is 1.69. The van der Waals surface area contributed by atoms with Crippen molar-refractivity contribution in [3.8, 4) is 0 Å². The van der Waals surface area contributed by atoms with Crippen LogP contribution in [0.3, 0.4) is 0 Å². The molecule has 176 valence electrons. The fourth-order valence-corrected chi connectivity index (χ4v) is 4.10. The number of piperidine rings is 1. The molecule has 0 spiro atoms. The Hall–Kier alpha value is -2.86. The molecule has 1 saturated heterocycles. The molecule has 2 atom stereocenters. The van der Waals surface area contributed by atoms with Crippen LogP contribution in [0.25, 0.3) is 0 Å². The van der Waals surface area contributed by atoms with E-state index in [0.29, 0.717) is 42.1 Å². The minimum Gasteiger partial charge on any atom is -0.352 e. The summed E-state index contributed by atoms with van der Waals surface area (Å²) in [4.78, 5) is 40.6. The highest BCUT2D eigenvalue weighted by atomic mass is 35.5. The number of carbonyl (C=O) groups is 3. The lowest BCUT2D eigenvalue weighted by atomic mass is 9.88. The van der Waals surface area contributed by atoms with E-state index in [4.69, 9.17) is 11.6 Å². The van der Waals surface area contributed by atoms with Crippen LogP contribution < -0.4 is 10.6 Å². The number of rotatable bonds is 7. The number of aryl methyl sites for hydroxylation is 1. The van der Waals surface area contributed by atoms with Gasteiger partial charge in [-0.1, -0.05) is 36.2 Å². The Kier molecular flexibility index (Phi) is 8.50. The molecular weight excluding hydrogens is 438 g/mol. The van der Waals surface area contributed by atoms with Gasteiger partial charge in [-0.2, -0.15) is 0 Å². The van der Waals surface area contributed by atoms with Gasteiger partial charge in [0.05, 0.1) is 0 Å². The molecule has 7 heteroatoms. The average Bonchev–Trinajstić information content (AvgIpc) is 2.82. The van der Waals surface area contributed by atoms with Crippen molar-refractivity contribution < 1.29 is 14.4 Å². The zero-order chi connectivity index (χ0) is 24.0. The standard InChI is InChI=1S/C26H32ClN3O3/c1-4-18(3)28-25(32)23(29-24(31)20-7-5-17(2)6-8-20)19-13-15-30(16-14-19)26(33)21-9-11-22(27)12-10-21/h5-12,18-19,23H,4,13-16H2,1-3H3,(H,28,32)(H,29,31)/t18-,23-/m1/s1. The Labute approximate surface area is 200 Å². The molecule has 2 N–H and O–H groups in total. The van der Waals surface area contributed by atoms with Crippen LogP contribution >= 0.6 is 11.6 Å². The van der Waals surface area contributed by atoms with Gasteiger partial charge in [0.1, 0.15) is 6.04 Å². The Morgan fingerprint density at radius 3 is 2.12 bits per heavy atom. The number of hydrogen-bond acceptors (Lipinski definition) is 3. The maximum Gasteiger partial charge on any atom is 0.253 e. The lowest BCUT2D eigenvalue weighted by molar-refractivity contribution is -0.125. The molecule has 0 bridgehead atoms. The van der Waals surface area contributed by atoms with E-state index in [1.807, 2.05) is 32.9 Å². The van der Waals surface area contributed by atoms with E-state index in [2.05, 4.69) is 10.6 Å². The summed E-state index contributed by atoms with van der Waals surface area (Å²) < 4.78 is 0. The summed E-state index contributed by atoms with van der Waals surface area (Å²) in [6, 6.07) is 13.5. The fraction of sp³-hybridized carbons (Fsp3) is 0.423. The van der Waals surface area contributed by atoms with Crippen LogP contribution in [0.2, 0.25) is 5.02 Å². The second-order valence-corrected chi connectivity index (χ2v) is 9.21. The van der Waals surface area contributed by atoms with Crippen molar-refractivity contribution in [1.29, 1.82) is 0 Å². The van der Waals surface area contributed by atoms with Crippen LogP contribution in [0.15, 0.2) is 48.5 Å². The minimum absolute atomic E-state index is 0.0165. The van der Waals surface area contributed by atoms with Crippen molar-refractivity contribution >= 4 is 29.3 Å². The lowest BCUT2D eigenvalue weighted by Gasteiger charge is -2.36. The van der Waals surface area contributed by atoms with Crippen LogP contribution in [0.1, 0.15) is 59.4 Å². The van der Waals surface area contributed by atoms with Crippen LogP contribution in [0.4, 0.5) is 0 Å². The Morgan fingerprint density at radius 2 is 1.55 bits per heavy atom. The van der Waals surface area contributed by atoms with Crippen molar-refractivity contribution in [3.05, 3.63) is 70.2 Å². The number of nitrogens with zero attached hydrogens (tertiary/aromatic N) is 1. The van der Waals surface area contributed by atoms with E-state index < -0.39 is 6.04 Å². The molecule has 0 saturated carbocycles. The van der Waals surface area contributed by atoms with E-state index in [-0.39, 0.29) is 29.7 Å². The quantitative estimate of drug-likeness (QED) is 0.637. The number of amides is 3. The highest BCUT2D eigenvalue weighted by molar-refractivity contribution is 6.30. The van der Waals surface area contributed by atoms with Crippen molar-refractivity contribution in [2.24, 2.45) is 5.92 Å². The fourth-order valence-electron chi connectivity index (χ4n) is 3.97. The van der Waals surface area contributed by atoms with Crippen molar-refractivity contribution in [3.63, 3.8) is 0 Å². The normalized spacial score (nSPS) is 16.1. The summed E-state index contributed by atoms with van der Waals surface area (Å²) in [5, 5.41) is 6.56. The van der Waals surface area contributed by atoms with E-state index in [1.165, 1.54) is 0 Å². The van der Waals surface area contributed by atoms with E-state index in [1.54, 1.807) is 41.3 Å². The topological polar surface area (TPSA) is 78.5 Å². The molecule has 1 heterocycles. The lowest BCUT2D eigenvalue weighted by Crippen LogP contribution is -2.55. The SMILES string of the molecule is CC[C@@H](C)NC(=O)[C@H](NC(=O)c1ccc(C)cc1)C1CCN(C(=O)c2ccc(Cl)cc2)CC1. The first-order valence-electron chi connectivity index (χ1n) is 11.5. The number of likely N-dealkylation sites (tertiary alicyclic amines) is 1. The van der Waals surface area contributed by atoms with Crippen molar-refractivity contribution in [2.75, 3.05) is 13.1 Å². The van der Waals surface area contributed by atoms with Gasteiger partial charge in [-0.3, -0.25) is 14.4 Å². The zero-order valence-electron chi connectivity index (χ0n) is 19.4. The molecule has 3 amide bonds. The van der Waals surface area contributed by atoms with Crippen molar-refractivity contribution in [1.82, 2.24) is 15.5 Å². The van der Waals surface area contributed by atoms with Gasteiger partial charge in [-0.15, -0.1) is 0 Å². The van der Waals surface area contributed by atoms with Gasteiger partial charge in [0, 0.05) is 35.3 Å². The highest BCUT2D eigenvalue weighted by Gasteiger charge is 2.34.